The molecule has 0 saturated heterocycles. The minimum Gasteiger partial charge on any atom is -0.384 e. The number of anilines is 1. The number of fused-ring (bicyclic) bond motifs is 1. The molecule has 0 radical (unpaired) electrons. The van der Waals surface area contributed by atoms with Crippen molar-refractivity contribution >= 4 is 16.6 Å². The molecule has 1 aromatic heterocycles. The number of pyridine rings is 1. The summed E-state index contributed by atoms with van der Waals surface area (Å²) in [6, 6.07) is 16.8. The minimum atomic E-state index is -4.41. The maximum Gasteiger partial charge on any atom is 0.396 e. The predicted molar refractivity (Wildman–Crippen MR) is 101 cm³/mol. The van der Waals surface area contributed by atoms with Gasteiger partial charge in [0, 0.05) is 23.9 Å². The van der Waals surface area contributed by atoms with Gasteiger partial charge in [-0.3, -0.25) is 4.98 Å². The third-order valence-corrected chi connectivity index (χ3v) is 4.51. The summed E-state index contributed by atoms with van der Waals surface area (Å²) in [5, 5.41) is 3.89. The highest BCUT2D eigenvalue weighted by atomic mass is 19.4. The molecule has 27 heavy (non-hydrogen) atoms. The summed E-state index contributed by atoms with van der Waals surface area (Å²) in [5.74, 6) is -1.70. The standard InChI is InChI=1S/C21H21F3N2O/c1-14-11-12-16-18(25-14)9-6-10-19(16)26-20(15-7-4-3-5-8-15)17(13-27-2)21(22,23)24/h3-12,17,20,26H,13H2,1-2H3. The second-order valence-corrected chi connectivity index (χ2v) is 6.46. The van der Waals surface area contributed by atoms with Crippen molar-refractivity contribution in [1.29, 1.82) is 0 Å². The SMILES string of the molecule is COCC(C(Nc1cccc2nc(C)ccc12)c1ccccc1)C(F)(F)F. The quantitative estimate of drug-likeness (QED) is 0.617. The maximum atomic E-state index is 13.8. The van der Waals surface area contributed by atoms with Gasteiger partial charge in [0.1, 0.15) is 5.92 Å². The van der Waals surface area contributed by atoms with Gasteiger partial charge in [0.15, 0.2) is 0 Å². The molecule has 142 valence electrons. The molecule has 0 amide bonds. The van der Waals surface area contributed by atoms with E-state index >= 15 is 0 Å². The Labute approximate surface area is 156 Å². The van der Waals surface area contributed by atoms with Gasteiger partial charge < -0.3 is 10.1 Å². The molecule has 3 aromatic rings. The summed E-state index contributed by atoms with van der Waals surface area (Å²) >= 11 is 0. The Hall–Kier alpha value is -2.60. The molecule has 2 atom stereocenters. The molecular formula is C21H21F3N2O. The van der Waals surface area contributed by atoms with E-state index in [0.717, 1.165) is 16.6 Å². The van der Waals surface area contributed by atoms with Crippen LogP contribution in [0.25, 0.3) is 10.9 Å². The highest BCUT2D eigenvalue weighted by Gasteiger charge is 2.45. The van der Waals surface area contributed by atoms with Gasteiger partial charge in [-0.15, -0.1) is 0 Å². The summed E-state index contributed by atoms with van der Waals surface area (Å²) in [7, 11) is 1.28. The van der Waals surface area contributed by atoms with Gasteiger partial charge in [-0.25, -0.2) is 0 Å². The summed E-state index contributed by atoms with van der Waals surface area (Å²) in [6.45, 7) is 1.45. The predicted octanol–water partition coefficient (Wildman–Crippen LogP) is 5.52. The molecule has 0 fully saturated rings. The van der Waals surface area contributed by atoms with Crippen molar-refractivity contribution in [2.45, 2.75) is 19.1 Å². The molecule has 1 N–H and O–H groups in total. The van der Waals surface area contributed by atoms with Crippen LogP contribution < -0.4 is 5.32 Å². The van der Waals surface area contributed by atoms with E-state index in [9.17, 15) is 13.2 Å². The first kappa shape index (κ1) is 19.2. The Kier molecular flexibility index (Phi) is 5.65. The first-order chi connectivity index (χ1) is 12.9. The number of methoxy groups -OCH3 is 1. The van der Waals surface area contributed by atoms with E-state index < -0.39 is 24.7 Å². The number of aromatic nitrogens is 1. The van der Waals surface area contributed by atoms with Crippen LogP contribution in [0.3, 0.4) is 0 Å². The lowest BCUT2D eigenvalue weighted by Gasteiger charge is -2.31. The van der Waals surface area contributed by atoms with Crippen LogP contribution in [0.2, 0.25) is 0 Å². The third-order valence-electron chi connectivity index (χ3n) is 4.51. The molecule has 2 unspecified atom stereocenters. The van der Waals surface area contributed by atoms with Gasteiger partial charge in [0.25, 0.3) is 0 Å². The number of aryl methyl sites for hydroxylation is 1. The number of halogens is 3. The number of ether oxygens (including phenoxy) is 1. The van der Waals surface area contributed by atoms with Gasteiger partial charge in [-0.2, -0.15) is 13.2 Å². The zero-order chi connectivity index (χ0) is 19.4. The van der Waals surface area contributed by atoms with E-state index in [1.54, 1.807) is 42.5 Å². The van der Waals surface area contributed by atoms with E-state index in [-0.39, 0.29) is 0 Å². The van der Waals surface area contributed by atoms with Crippen molar-refractivity contribution < 1.29 is 17.9 Å². The Balaban J connectivity index is 2.07. The van der Waals surface area contributed by atoms with Gasteiger partial charge in [0.05, 0.1) is 18.2 Å². The van der Waals surface area contributed by atoms with Crippen LogP contribution in [-0.4, -0.2) is 24.9 Å². The molecule has 1 heterocycles. The average molecular weight is 374 g/mol. The molecule has 3 rings (SSSR count). The molecule has 6 heteroatoms. The van der Waals surface area contributed by atoms with E-state index in [0.29, 0.717) is 11.3 Å². The fourth-order valence-corrected chi connectivity index (χ4v) is 3.19. The van der Waals surface area contributed by atoms with E-state index in [2.05, 4.69) is 10.3 Å². The number of nitrogens with one attached hydrogen (secondary N) is 1. The molecule has 0 aliphatic heterocycles. The smallest absolute Gasteiger partial charge is 0.384 e. The first-order valence-electron chi connectivity index (χ1n) is 8.63. The van der Waals surface area contributed by atoms with Crippen molar-refractivity contribution in [3.63, 3.8) is 0 Å². The van der Waals surface area contributed by atoms with Crippen LogP contribution >= 0.6 is 0 Å². The van der Waals surface area contributed by atoms with Gasteiger partial charge >= 0.3 is 6.18 Å². The van der Waals surface area contributed by atoms with Crippen LogP contribution in [0.15, 0.2) is 60.7 Å². The molecule has 0 spiro atoms. The molecule has 0 saturated carbocycles. The summed E-state index contributed by atoms with van der Waals surface area (Å²) < 4.78 is 46.2. The fraction of sp³-hybridized carbons (Fsp3) is 0.286. The Bertz CT molecular complexity index is 897. The highest BCUT2D eigenvalue weighted by molar-refractivity contribution is 5.91. The number of benzene rings is 2. The highest BCUT2D eigenvalue weighted by Crippen LogP contribution is 2.39. The minimum absolute atomic E-state index is 0.432. The monoisotopic (exact) mass is 374 g/mol. The number of nitrogens with zero attached hydrogens (tertiary/aromatic N) is 1. The topological polar surface area (TPSA) is 34.1 Å². The largest absolute Gasteiger partial charge is 0.396 e. The second-order valence-electron chi connectivity index (χ2n) is 6.46. The van der Waals surface area contributed by atoms with Crippen molar-refractivity contribution in [1.82, 2.24) is 4.98 Å². The molecule has 0 aliphatic rings. The zero-order valence-corrected chi connectivity index (χ0v) is 15.1. The molecule has 0 aliphatic carbocycles. The van der Waals surface area contributed by atoms with Crippen LogP contribution in [0.4, 0.5) is 18.9 Å². The summed E-state index contributed by atoms with van der Waals surface area (Å²) in [6.07, 6.45) is -4.41. The maximum absolute atomic E-state index is 13.8. The zero-order valence-electron chi connectivity index (χ0n) is 15.1. The number of rotatable bonds is 6. The molecular weight excluding hydrogens is 353 g/mol. The first-order valence-corrected chi connectivity index (χ1v) is 8.63. The average Bonchev–Trinajstić information content (AvgIpc) is 2.64. The summed E-state index contributed by atoms with van der Waals surface area (Å²) in [5.41, 5.74) is 2.75. The second kappa shape index (κ2) is 7.96. The van der Waals surface area contributed by atoms with Crippen molar-refractivity contribution in [3.8, 4) is 0 Å². The Morgan fingerprint density at radius 2 is 1.74 bits per heavy atom. The van der Waals surface area contributed by atoms with E-state index in [1.807, 2.05) is 25.1 Å². The van der Waals surface area contributed by atoms with Gasteiger partial charge in [-0.05, 0) is 36.8 Å². The van der Waals surface area contributed by atoms with Gasteiger partial charge in [0.2, 0.25) is 0 Å². The van der Waals surface area contributed by atoms with Crippen LogP contribution in [-0.2, 0) is 4.74 Å². The van der Waals surface area contributed by atoms with Crippen LogP contribution in [0.5, 0.6) is 0 Å². The lowest BCUT2D eigenvalue weighted by Crippen LogP contribution is -2.36. The number of hydrogen-bond donors (Lipinski definition) is 1. The lowest BCUT2D eigenvalue weighted by atomic mass is 9.92. The Morgan fingerprint density at radius 3 is 2.41 bits per heavy atom. The van der Waals surface area contributed by atoms with E-state index in [4.69, 9.17) is 4.74 Å². The molecule has 0 bridgehead atoms. The number of alkyl halides is 3. The molecule has 2 aromatic carbocycles. The number of hydrogen-bond acceptors (Lipinski definition) is 3. The van der Waals surface area contributed by atoms with E-state index in [1.165, 1.54) is 7.11 Å². The normalized spacial score (nSPS) is 14.1. The van der Waals surface area contributed by atoms with Gasteiger partial charge in [-0.1, -0.05) is 36.4 Å². The summed E-state index contributed by atoms with van der Waals surface area (Å²) in [4.78, 5) is 4.46. The van der Waals surface area contributed by atoms with Crippen LogP contribution in [0, 0.1) is 12.8 Å². The fourth-order valence-electron chi connectivity index (χ4n) is 3.19. The third kappa shape index (κ3) is 4.39. The van der Waals surface area contributed by atoms with Crippen molar-refractivity contribution in [2.75, 3.05) is 19.0 Å². The van der Waals surface area contributed by atoms with Crippen LogP contribution in [0.1, 0.15) is 17.3 Å². The van der Waals surface area contributed by atoms with Crippen molar-refractivity contribution in [3.05, 3.63) is 71.9 Å². The molecule has 3 nitrogen and oxygen atoms in total. The van der Waals surface area contributed by atoms with Crippen molar-refractivity contribution in [2.24, 2.45) is 5.92 Å². The lowest BCUT2D eigenvalue weighted by molar-refractivity contribution is -0.190. The Morgan fingerprint density at radius 1 is 1.00 bits per heavy atom.